The van der Waals surface area contributed by atoms with Crippen molar-refractivity contribution in [3.05, 3.63) is 35.4 Å². The van der Waals surface area contributed by atoms with Crippen LogP contribution in [0.4, 0.5) is 0 Å². The molecule has 2 saturated carbocycles. The molecule has 0 N–H and O–H groups in total. The lowest BCUT2D eigenvalue weighted by atomic mass is 9.60. The van der Waals surface area contributed by atoms with E-state index in [-0.39, 0.29) is 22.2 Å². The molecule has 112 valence electrons. The molecule has 2 bridgehead atoms. The van der Waals surface area contributed by atoms with Crippen molar-refractivity contribution in [2.24, 2.45) is 16.7 Å². The zero-order valence-electron chi connectivity index (χ0n) is 12.6. The van der Waals surface area contributed by atoms with Gasteiger partial charge in [0, 0.05) is 11.0 Å². The Kier molecular flexibility index (Phi) is 3.19. The van der Waals surface area contributed by atoms with Crippen LogP contribution in [0, 0.1) is 16.7 Å². The molecule has 0 spiro atoms. The number of rotatable bonds is 4. The number of ketones is 1. The SMILES string of the molecule is CC(C)(C(=O)c1ccc(C(=O)[O-])cc1)C12CCC(CC1)C2. The predicted molar refractivity (Wildman–Crippen MR) is 77.9 cm³/mol. The van der Waals surface area contributed by atoms with E-state index in [1.54, 1.807) is 12.1 Å². The van der Waals surface area contributed by atoms with Crippen LogP contribution in [0.15, 0.2) is 24.3 Å². The molecule has 0 atom stereocenters. The van der Waals surface area contributed by atoms with E-state index >= 15 is 0 Å². The number of carbonyl (C=O) groups is 2. The summed E-state index contributed by atoms with van der Waals surface area (Å²) in [6.45, 7) is 4.13. The average Bonchev–Trinajstić information content (AvgIpc) is 3.09. The molecule has 0 amide bonds. The predicted octanol–water partition coefficient (Wildman–Crippen LogP) is 2.84. The zero-order chi connectivity index (χ0) is 15.3. The Labute approximate surface area is 125 Å². The summed E-state index contributed by atoms with van der Waals surface area (Å²) in [7, 11) is 0. The number of hydrogen-bond donors (Lipinski definition) is 0. The first-order chi connectivity index (χ1) is 9.86. The first kappa shape index (κ1) is 14.3. The van der Waals surface area contributed by atoms with Crippen molar-refractivity contribution in [2.45, 2.75) is 46.0 Å². The minimum Gasteiger partial charge on any atom is -0.545 e. The topological polar surface area (TPSA) is 57.2 Å². The number of Topliss-reactive ketones (excluding diaryl/α,β-unsaturated/α-hetero) is 1. The maximum atomic E-state index is 13.0. The van der Waals surface area contributed by atoms with Crippen LogP contribution >= 0.6 is 0 Å². The van der Waals surface area contributed by atoms with Gasteiger partial charge in [-0.05, 0) is 49.0 Å². The van der Waals surface area contributed by atoms with E-state index in [1.165, 1.54) is 31.4 Å². The Morgan fingerprint density at radius 2 is 1.62 bits per heavy atom. The maximum absolute atomic E-state index is 13.0. The summed E-state index contributed by atoms with van der Waals surface area (Å²) in [5.41, 5.74) is 0.474. The monoisotopic (exact) mass is 285 g/mol. The smallest absolute Gasteiger partial charge is 0.169 e. The van der Waals surface area contributed by atoms with E-state index in [0.717, 1.165) is 18.8 Å². The van der Waals surface area contributed by atoms with Gasteiger partial charge in [0.1, 0.15) is 0 Å². The van der Waals surface area contributed by atoms with Gasteiger partial charge in [-0.25, -0.2) is 0 Å². The van der Waals surface area contributed by atoms with Crippen molar-refractivity contribution in [2.75, 3.05) is 0 Å². The normalized spacial score (nSPS) is 27.8. The zero-order valence-corrected chi connectivity index (χ0v) is 12.6. The fraction of sp³-hybridized carbons (Fsp3) is 0.556. The lowest BCUT2D eigenvalue weighted by Gasteiger charge is -2.42. The van der Waals surface area contributed by atoms with Crippen molar-refractivity contribution >= 4 is 11.8 Å². The lowest BCUT2D eigenvalue weighted by Crippen LogP contribution is -2.41. The Morgan fingerprint density at radius 3 is 2.05 bits per heavy atom. The van der Waals surface area contributed by atoms with Crippen molar-refractivity contribution in [3.63, 3.8) is 0 Å². The molecular formula is C18H21O3-. The van der Waals surface area contributed by atoms with Gasteiger partial charge >= 0.3 is 0 Å². The molecule has 2 aliphatic carbocycles. The summed E-state index contributed by atoms with van der Waals surface area (Å²) in [6.07, 6.45) is 5.96. The van der Waals surface area contributed by atoms with Crippen LogP contribution in [0.1, 0.15) is 66.7 Å². The van der Waals surface area contributed by atoms with E-state index in [1.807, 2.05) is 0 Å². The van der Waals surface area contributed by atoms with Crippen molar-refractivity contribution < 1.29 is 14.7 Å². The third-order valence-electron chi connectivity index (χ3n) is 6.02. The second-order valence-corrected chi connectivity index (χ2v) is 7.25. The number of carbonyl (C=O) groups excluding carboxylic acids is 2. The van der Waals surface area contributed by atoms with Crippen LogP contribution in [0.3, 0.4) is 0 Å². The highest BCUT2D eigenvalue weighted by atomic mass is 16.4. The first-order valence-corrected chi connectivity index (χ1v) is 7.72. The highest BCUT2D eigenvalue weighted by Crippen LogP contribution is 2.63. The molecular weight excluding hydrogens is 264 g/mol. The minimum absolute atomic E-state index is 0.115. The minimum atomic E-state index is -1.21. The molecule has 2 fully saturated rings. The molecule has 3 nitrogen and oxygen atoms in total. The Bertz CT molecular complexity index is 575. The average molecular weight is 285 g/mol. The van der Waals surface area contributed by atoms with E-state index in [9.17, 15) is 14.7 Å². The molecule has 1 aromatic carbocycles. The molecule has 3 rings (SSSR count). The fourth-order valence-corrected chi connectivity index (χ4v) is 4.43. The number of benzene rings is 1. The summed E-state index contributed by atoms with van der Waals surface area (Å²) in [4.78, 5) is 23.7. The van der Waals surface area contributed by atoms with Gasteiger partial charge in [-0.3, -0.25) is 4.79 Å². The summed E-state index contributed by atoms with van der Waals surface area (Å²) >= 11 is 0. The highest BCUT2D eigenvalue weighted by Gasteiger charge is 2.56. The van der Waals surface area contributed by atoms with Crippen LogP contribution in [-0.2, 0) is 0 Å². The molecule has 0 aliphatic heterocycles. The quantitative estimate of drug-likeness (QED) is 0.799. The number of carboxylic acids is 1. The van der Waals surface area contributed by atoms with Gasteiger partial charge in [-0.2, -0.15) is 0 Å². The maximum Gasteiger partial charge on any atom is 0.169 e. The largest absolute Gasteiger partial charge is 0.545 e. The summed E-state index contributed by atoms with van der Waals surface area (Å²) in [6, 6.07) is 6.16. The van der Waals surface area contributed by atoms with Gasteiger partial charge < -0.3 is 9.90 Å². The molecule has 0 radical (unpaired) electrons. The van der Waals surface area contributed by atoms with Gasteiger partial charge in [0.05, 0.1) is 5.97 Å². The number of fused-ring (bicyclic) bond motifs is 2. The molecule has 1 aromatic rings. The van der Waals surface area contributed by atoms with Crippen molar-refractivity contribution in [1.82, 2.24) is 0 Å². The number of hydrogen-bond acceptors (Lipinski definition) is 3. The van der Waals surface area contributed by atoms with E-state index < -0.39 is 5.97 Å². The molecule has 3 heteroatoms. The lowest BCUT2D eigenvalue weighted by molar-refractivity contribution is -0.255. The van der Waals surface area contributed by atoms with Crippen LogP contribution in [0.5, 0.6) is 0 Å². The third-order valence-corrected chi connectivity index (χ3v) is 6.02. The van der Waals surface area contributed by atoms with Gasteiger partial charge in [0.25, 0.3) is 0 Å². The Hall–Kier alpha value is -1.64. The van der Waals surface area contributed by atoms with E-state index in [4.69, 9.17) is 0 Å². The standard InChI is InChI=1S/C18H22O3/c1-17(2,18-9-7-12(11-18)8-10-18)15(19)13-3-5-14(6-4-13)16(20)21/h3-6,12H,7-11H2,1-2H3,(H,20,21)/p-1. The molecule has 0 saturated heterocycles. The summed E-state index contributed by atoms with van der Waals surface area (Å²) < 4.78 is 0. The summed E-state index contributed by atoms with van der Waals surface area (Å²) in [5, 5.41) is 10.8. The molecule has 2 aliphatic rings. The van der Waals surface area contributed by atoms with Crippen LogP contribution in [0.2, 0.25) is 0 Å². The van der Waals surface area contributed by atoms with Crippen molar-refractivity contribution in [1.29, 1.82) is 0 Å². The van der Waals surface area contributed by atoms with Gasteiger partial charge in [-0.15, -0.1) is 0 Å². The van der Waals surface area contributed by atoms with E-state index in [2.05, 4.69) is 13.8 Å². The van der Waals surface area contributed by atoms with Crippen LogP contribution in [0.25, 0.3) is 0 Å². The second-order valence-electron chi connectivity index (χ2n) is 7.25. The van der Waals surface area contributed by atoms with Gasteiger partial charge in [-0.1, -0.05) is 38.1 Å². The summed E-state index contributed by atoms with van der Waals surface area (Å²) in [5.74, 6) is -0.270. The van der Waals surface area contributed by atoms with Gasteiger partial charge in [0.15, 0.2) is 5.78 Å². The fourth-order valence-electron chi connectivity index (χ4n) is 4.43. The second kappa shape index (κ2) is 4.69. The third kappa shape index (κ3) is 2.10. The van der Waals surface area contributed by atoms with E-state index in [0.29, 0.717) is 5.56 Å². The van der Waals surface area contributed by atoms with Crippen LogP contribution in [-0.4, -0.2) is 11.8 Å². The highest BCUT2D eigenvalue weighted by molar-refractivity contribution is 6.01. The molecule has 21 heavy (non-hydrogen) atoms. The molecule has 0 heterocycles. The van der Waals surface area contributed by atoms with Crippen LogP contribution < -0.4 is 5.11 Å². The first-order valence-electron chi connectivity index (χ1n) is 7.72. The van der Waals surface area contributed by atoms with Crippen molar-refractivity contribution in [3.8, 4) is 0 Å². The Morgan fingerprint density at radius 1 is 1.10 bits per heavy atom. The number of carboxylic acid groups (broad SMARTS) is 1. The number of aromatic carboxylic acids is 1. The molecule has 0 unspecified atom stereocenters. The van der Waals surface area contributed by atoms with Gasteiger partial charge in [0.2, 0.25) is 0 Å². The molecule has 0 aromatic heterocycles. The Balaban J connectivity index is 1.88.